The van der Waals surface area contributed by atoms with Crippen LogP contribution < -0.4 is 21.7 Å². The zero-order valence-corrected chi connectivity index (χ0v) is 10.7. The maximum absolute atomic E-state index is 5.38. The lowest BCUT2D eigenvalue weighted by atomic mass is 10.8. The molecule has 0 fully saturated rings. The van der Waals surface area contributed by atoms with E-state index in [1.807, 2.05) is 0 Å². The number of nitrogen functional groups attached to an aromatic ring is 1. The largest absolute Gasteiger partial charge is 0.368 e. The van der Waals surface area contributed by atoms with E-state index in [4.69, 9.17) is 5.73 Å². The van der Waals surface area contributed by atoms with Crippen molar-refractivity contribution in [3.63, 3.8) is 0 Å². The fourth-order valence-corrected chi connectivity index (χ4v) is 1.30. The van der Waals surface area contributed by atoms with Crippen LogP contribution in [0.2, 0.25) is 0 Å². The van der Waals surface area contributed by atoms with E-state index < -0.39 is 0 Å². The molecule has 0 amide bonds. The summed E-state index contributed by atoms with van der Waals surface area (Å²) in [6.45, 7) is 0. The molecule has 3 aromatic rings. The number of aromatic amines is 2. The molecule has 3 aromatic heterocycles. The van der Waals surface area contributed by atoms with Crippen molar-refractivity contribution in [2.75, 3.05) is 28.7 Å². The second-order valence-corrected chi connectivity index (χ2v) is 3.60. The van der Waals surface area contributed by atoms with Crippen LogP contribution in [-0.2, 0) is 0 Å². The fourth-order valence-electron chi connectivity index (χ4n) is 1.30. The summed E-state index contributed by atoms with van der Waals surface area (Å²) >= 11 is 0. The third kappa shape index (κ3) is 2.88. The minimum absolute atomic E-state index is 0.119. The van der Waals surface area contributed by atoms with Crippen molar-refractivity contribution >= 4 is 35.7 Å². The van der Waals surface area contributed by atoms with Gasteiger partial charge in [0.25, 0.3) is 17.8 Å². The third-order valence-corrected chi connectivity index (χ3v) is 2.14. The first kappa shape index (κ1) is 12.5. The van der Waals surface area contributed by atoms with E-state index >= 15 is 0 Å². The van der Waals surface area contributed by atoms with Crippen molar-refractivity contribution in [2.45, 2.75) is 0 Å². The van der Waals surface area contributed by atoms with Crippen molar-refractivity contribution in [2.24, 2.45) is 0 Å². The summed E-state index contributed by atoms with van der Waals surface area (Å²) in [6, 6.07) is 0. The van der Waals surface area contributed by atoms with Gasteiger partial charge in [0.05, 0.1) is 0 Å². The standard InChI is InChI=1S/C7H10N14/c1-9-3-11-5(17-15-3)13-7-20-18-6(19-21-7)12-4-10-2(8)14-16-4/h1H3,(H4,8,10,12,14,16,18,19)(H3,9,11,13,15,17,20,21). The van der Waals surface area contributed by atoms with Crippen LogP contribution in [0.15, 0.2) is 0 Å². The average molecular weight is 290 g/mol. The van der Waals surface area contributed by atoms with Crippen LogP contribution in [0.25, 0.3) is 0 Å². The highest BCUT2D eigenvalue weighted by molar-refractivity contribution is 5.45. The second-order valence-electron chi connectivity index (χ2n) is 3.60. The number of rotatable bonds is 5. The van der Waals surface area contributed by atoms with Crippen LogP contribution in [0, 0.1) is 0 Å². The quantitative estimate of drug-likeness (QED) is 0.322. The smallest absolute Gasteiger partial charge is 0.269 e. The molecular formula is C7H10N14. The van der Waals surface area contributed by atoms with Crippen LogP contribution in [-0.4, -0.2) is 57.8 Å². The fraction of sp³-hybridized carbons (Fsp3) is 0.143. The van der Waals surface area contributed by atoms with Gasteiger partial charge in [-0.1, -0.05) is 0 Å². The topological polar surface area (TPSA) is 197 Å². The highest BCUT2D eigenvalue weighted by Gasteiger charge is 2.07. The highest BCUT2D eigenvalue weighted by atomic mass is 15.4. The maximum Gasteiger partial charge on any atom is 0.269 e. The second kappa shape index (κ2) is 5.19. The van der Waals surface area contributed by atoms with E-state index in [9.17, 15) is 0 Å². The van der Waals surface area contributed by atoms with Crippen molar-refractivity contribution in [3.8, 4) is 0 Å². The number of hydrogen-bond donors (Lipinski definition) is 6. The summed E-state index contributed by atoms with van der Waals surface area (Å²) in [5.74, 6) is 1.43. The van der Waals surface area contributed by atoms with Crippen molar-refractivity contribution < 1.29 is 0 Å². The predicted molar refractivity (Wildman–Crippen MR) is 70.9 cm³/mol. The van der Waals surface area contributed by atoms with E-state index in [1.54, 1.807) is 7.05 Å². The lowest BCUT2D eigenvalue weighted by molar-refractivity contribution is 0.869. The van der Waals surface area contributed by atoms with Gasteiger partial charge in [0, 0.05) is 7.05 Å². The number of nitrogens with one attached hydrogen (secondary N) is 5. The Bertz CT molecular complexity index is 711. The Hall–Kier alpha value is -3.58. The van der Waals surface area contributed by atoms with Gasteiger partial charge in [-0.15, -0.1) is 30.6 Å². The molecule has 108 valence electrons. The lowest BCUT2D eigenvalue weighted by Gasteiger charge is -2.00. The Morgan fingerprint density at radius 1 is 0.810 bits per heavy atom. The lowest BCUT2D eigenvalue weighted by Crippen LogP contribution is -2.06. The molecule has 0 aromatic carbocycles. The van der Waals surface area contributed by atoms with E-state index in [-0.39, 0.29) is 23.8 Å². The van der Waals surface area contributed by atoms with Crippen LogP contribution in [0.5, 0.6) is 0 Å². The Morgan fingerprint density at radius 3 is 2.05 bits per heavy atom. The summed E-state index contributed by atoms with van der Waals surface area (Å²) < 4.78 is 0. The molecular weight excluding hydrogens is 280 g/mol. The van der Waals surface area contributed by atoms with Gasteiger partial charge in [0.1, 0.15) is 0 Å². The van der Waals surface area contributed by atoms with Gasteiger partial charge >= 0.3 is 0 Å². The molecule has 0 atom stereocenters. The van der Waals surface area contributed by atoms with Crippen molar-refractivity contribution in [1.29, 1.82) is 0 Å². The number of aromatic nitrogens is 10. The van der Waals surface area contributed by atoms with Crippen LogP contribution >= 0.6 is 0 Å². The molecule has 3 rings (SSSR count). The molecule has 0 radical (unpaired) electrons. The molecule has 0 bridgehead atoms. The Balaban J connectivity index is 1.66. The van der Waals surface area contributed by atoms with E-state index in [0.29, 0.717) is 11.9 Å². The first-order valence-electron chi connectivity index (χ1n) is 5.62. The van der Waals surface area contributed by atoms with Crippen molar-refractivity contribution in [3.05, 3.63) is 0 Å². The molecule has 0 unspecified atom stereocenters. The zero-order chi connectivity index (χ0) is 14.7. The average Bonchev–Trinajstić information content (AvgIpc) is 3.10. The highest BCUT2D eigenvalue weighted by Crippen LogP contribution is 2.09. The molecule has 0 saturated heterocycles. The maximum atomic E-state index is 5.38. The summed E-state index contributed by atoms with van der Waals surface area (Å²) in [5.41, 5.74) is 5.38. The zero-order valence-electron chi connectivity index (χ0n) is 10.7. The number of nitrogens with two attached hydrogens (primary N) is 1. The van der Waals surface area contributed by atoms with E-state index in [1.165, 1.54) is 0 Å². The van der Waals surface area contributed by atoms with E-state index in [2.05, 4.69) is 66.7 Å². The Labute approximate surface area is 116 Å². The summed E-state index contributed by atoms with van der Waals surface area (Å²) in [6.07, 6.45) is 0. The molecule has 0 aliphatic heterocycles. The van der Waals surface area contributed by atoms with Gasteiger partial charge in [0.15, 0.2) is 0 Å². The number of H-pyrrole nitrogens is 2. The van der Waals surface area contributed by atoms with Crippen LogP contribution in [0.1, 0.15) is 0 Å². The van der Waals surface area contributed by atoms with Gasteiger partial charge < -0.3 is 11.1 Å². The summed E-state index contributed by atoms with van der Waals surface area (Å²) in [5, 5.41) is 36.1. The minimum atomic E-state index is 0.119. The number of anilines is 6. The molecule has 14 heteroatoms. The molecule has 0 aliphatic carbocycles. The van der Waals surface area contributed by atoms with Gasteiger partial charge in [-0.25, -0.2) is 10.2 Å². The molecule has 0 spiro atoms. The Kier molecular flexibility index (Phi) is 3.08. The van der Waals surface area contributed by atoms with Gasteiger partial charge in [0.2, 0.25) is 17.8 Å². The van der Waals surface area contributed by atoms with Gasteiger partial charge in [-0.05, 0) is 0 Å². The van der Waals surface area contributed by atoms with E-state index in [0.717, 1.165) is 0 Å². The van der Waals surface area contributed by atoms with Gasteiger partial charge in [-0.2, -0.15) is 9.97 Å². The van der Waals surface area contributed by atoms with Crippen LogP contribution in [0.4, 0.5) is 35.7 Å². The number of nitrogens with zero attached hydrogens (tertiary/aromatic N) is 8. The first-order valence-corrected chi connectivity index (χ1v) is 5.62. The molecule has 0 saturated carbocycles. The Morgan fingerprint density at radius 2 is 1.48 bits per heavy atom. The monoisotopic (exact) mass is 290 g/mol. The normalized spacial score (nSPS) is 10.3. The van der Waals surface area contributed by atoms with Crippen LogP contribution in [0.3, 0.4) is 0 Å². The first-order chi connectivity index (χ1) is 10.2. The predicted octanol–water partition coefficient (Wildman–Crippen LogP) is -1.39. The van der Waals surface area contributed by atoms with Gasteiger partial charge in [-0.3, -0.25) is 10.6 Å². The molecule has 14 nitrogen and oxygen atoms in total. The SMILES string of the molecule is CNc1n[nH]c(Nc2nnc(Nc3n[nH]c(N)n3)nn2)n1. The minimum Gasteiger partial charge on any atom is -0.368 e. The number of hydrogen-bond acceptors (Lipinski definition) is 12. The molecule has 0 aliphatic rings. The molecule has 7 N–H and O–H groups in total. The van der Waals surface area contributed by atoms with Crippen molar-refractivity contribution in [1.82, 2.24) is 50.8 Å². The third-order valence-electron chi connectivity index (χ3n) is 2.14. The molecule has 21 heavy (non-hydrogen) atoms. The summed E-state index contributed by atoms with van der Waals surface area (Å²) in [7, 11) is 1.70. The summed E-state index contributed by atoms with van der Waals surface area (Å²) in [4.78, 5) is 7.87. The molecule has 3 heterocycles.